The van der Waals surface area contributed by atoms with Crippen molar-refractivity contribution in [2.75, 3.05) is 0 Å². The van der Waals surface area contributed by atoms with E-state index < -0.39 is 0 Å². The molecule has 0 saturated carbocycles. The molecule has 0 spiro atoms. The molecule has 0 aliphatic rings. The number of hydrogen-bond acceptors (Lipinski definition) is 5. The number of rotatable bonds is 5. The van der Waals surface area contributed by atoms with Crippen molar-refractivity contribution in [2.45, 2.75) is 13.0 Å². The molecule has 0 fully saturated rings. The summed E-state index contributed by atoms with van der Waals surface area (Å²) in [6.07, 6.45) is 0.372. The maximum absolute atomic E-state index is 11.8. The van der Waals surface area contributed by atoms with E-state index in [1.54, 1.807) is 11.3 Å². The van der Waals surface area contributed by atoms with Gasteiger partial charge in [0.1, 0.15) is 0 Å². The van der Waals surface area contributed by atoms with E-state index in [0.29, 0.717) is 18.1 Å². The van der Waals surface area contributed by atoms with Crippen molar-refractivity contribution in [1.29, 1.82) is 0 Å². The Labute approximate surface area is 125 Å². The Balaban J connectivity index is 1.56. The summed E-state index contributed by atoms with van der Waals surface area (Å²) in [5.41, 5.74) is 0.886. The van der Waals surface area contributed by atoms with E-state index in [-0.39, 0.29) is 12.5 Å². The van der Waals surface area contributed by atoms with Crippen molar-refractivity contribution in [3.05, 3.63) is 58.6 Å². The van der Waals surface area contributed by atoms with E-state index in [1.165, 1.54) is 0 Å². The highest BCUT2D eigenvalue weighted by atomic mass is 32.1. The Morgan fingerprint density at radius 2 is 2.05 bits per heavy atom. The van der Waals surface area contributed by atoms with Gasteiger partial charge >= 0.3 is 0 Å². The first-order valence-electron chi connectivity index (χ1n) is 6.48. The summed E-state index contributed by atoms with van der Waals surface area (Å²) in [6.45, 7) is 0.240. The van der Waals surface area contributed by atoms with E-state index in [4.69, 9.17) is 4.52 Å². The summed E-state index contributed by atoms with van der Waals surface area (Å²) in [5, 5.41) is 8.63. The van der Waals surface area contributed by atoms with Crippen LogP contribution in [0.3, 0.4) is 0 Å². The molecule has 0 unspecified atom stereocenters. The molecule has 3 rings (SSSR count). The fourth-order valence-electron chi connectivity index (χ4n) is 1.84. The molecule has 2 aromatic heterocycles. The van der Waals surface area contributed by atoms with Crippen LogP contribution in [0.25, 0.3) is 11.4 Å². The van der Waals surface area contributed by atoms with Crippen LogP contribution in [-0.4, -0.2) is 16.0 Å². The molecule has 1 N–H and O–H groups in total. The first kappa shape index (κ1) is 13.5. The van der Waals surface area contributed by atoms with Crippen LogP contribution in [-0.2, 0) is 17.8 Å². The zero-order chi connectivity index (χ0) is 14.5. The second kappa shape index (κ2) is 6.32. The van der Waals surface area contributed by atoms with Crippen LogP contribution in [0.5, 0.6) is 0 Å². The molecule has 3 aromatic rings. The fourth-order valence-corrected chi connectivity index (χ4v) is 2.54. The number of amides is 1. The minimum atomic E-state index is -0.0584. The Kier molecular flexibility index (Phi) is 4.07. The van der Waals surface area contributed by atoms with Gasteiger partial charge in [0.05, 0.1) is 13.0 Å². The second-order valence-corrected chi connectivity index (χ2v) is 5.44. The number of hydrogen-bond donors (Lipinski definition) is 1. The lowest BCUT2D eigenvalue weighted by molar-refractivity contribution is -0.120. The van der Waals surface area contributed by atoms with E-state index in [2.05, 4.69) is 15.5 Å². The number of nitrogens with one attached hydrogen (secondary N) is 1. The third kappa shape index (κ3) is 3.55. The van der Waals surface area contributed by atoms with Crippen LogP contribution in [0.2, 0.25) is 0 Å². The van der Waals surface area contributed by atoms with Crippen molar-refractivity contribution in [3.63, 3.8) is 0 Å². The maximum Gasteiger partial charge on any atom is 0.246 e. The van der Waals surface area contributed by atoms with E-state index in [1.807, 2.05) is 47.8 Å². The number of carbonyl (C=O) groups excluding carboxylic acids is 1. The number of thiophene rings is 1. The minimum Gasteiger partial charge on any atom is -0.347 e. The standard InChI is InChI=1S/C15H13N3O2S/c19-13(9-12-7-4-8-21-12)16-10-14-17-15(18-20-14)11-5-2-1-3-6-11/h1-8H,9-10H2,(H,16,19). The summed E-state index contributed by atoms with van der Waals surface area (Å²) in [6, 6.07) is 13.4. The third-order valence-corrected chi connectivity index (χ3v) is 3.73. The quantitative estimate of drug-likeness (QED) is 0.786. The van der Waals surface area contributed by atoms with Gasteiger partial charge in [0.15, 0.2) is 0 Å². The second-order valence-electron chi connectivity index (χ2n) is 4.41. The minimum absolute atomic E-state index is 0.0584. The predicted octanol–water partition coefficient (Wildman–Crippen LogP) is 2.66. The lowest BCUT2D eigenvalue weighted by atomic mass is 10.2. The molecular weight excluding hydrogens is 286 g/mol. The normalized spacial score (nSPS) is 10.5. The molecule has 1 amide bonds. The van der Waals surface area contributed by atoms with Crippen LogP contribution < -0.4 is 5.32 Å². The monoisotopic (exact) mass is 299 g/mol. The van der Waals surface area contributed by atoms with Crippen molar-refractivity contribution in [1.82, 2.24) is 15.5 Å². The molecular formula is C15H13N3O2S. The number of benzene rings is 1. The van der Waals surface area contributed by atoms with Crippen LogP contribution in [0.1, 0.15) is 10.8 Å². The lowest BCUT2D eigenvalue weighted by Crippen LogP contribution is -2.24. The highest BCUT2D eigenvalue weighted by molar-refractivity contribution is 7.10. The molecule has 6 heteroatoms. The molecule has 0 bridgehead atoms. The highest BCUT2D eigenvalue weighted by Gasteiger charge is 2.10. The summed E-state index contributed by atoms with van der Waals surface area (Å²) in [4.78, 5) is 17.1. The van der Waals surface area contributed by atoms with Gasteiger partial charge in [-0.05, 0) is 11.4 Å². The third-order valence-electron chi connectivity index (χ3n) is 2.85. The number of nitrogens with zero attached hydrogens (tertiary/aromatic N) is 2. The maximum atomic E-state index is 11.8. The smallest absolute Gasteiger partial charge is 0.246 e. The van der Waals surface area contributed by atoms with Gasteiger partial charge in [-0.25, -0.2) is 0 Å². The van der Waals surface area contributed by atoms with Gasteiger partial charge < -0.3 is 9.84 Å². The fraction of sp³-hybridized carbons (Fsp3) is 0.133. The topological polar surface area (TPSA) is 68.0 Å². The Hall–Kier alpha value is -2.47. The van der Waals surface area contributed by atoms with Gasteiger partial charge in [0.25, 0.3) is 0 Å². The lowest BCUT2D eigenvalue weighted by Gasteiger charge is -1.99. The van der Waals surface area contributed by atoms with Crippen molar-refractivity contribution in [3.8, 4) is 11.4 Å². The summed E-state index contributed by atoms with van der Waals surface area (Å²) < 4.78 is 5.13. The van der Waals surface area contributed by atoms with Crippen LogP contribution in [0.4, 0.5) is 0 Å². The molecule has 106 valence electrons. The molecule has 0 aliphatic carbocycles. The van der Waals surface area contributed by atoms with Gasteiger partial charge in [0, 0.05) is 10.4 Å². The molecule has 0 saturated heterocycles. The van der Waals surface area contributed by atoms with Crippen molar-refractivity contribution >= 4 is 17.2 Å². The first-order valence-corrected chi connectivity index (χ1v) is 7.36. The summed E-state index contributed by atoms with van der Waals surface area (Å²) in [5.74, 6) is 0.864. The average Bonchev–Trinajstić information content (AvgIpc) is 3.17. The number of carbonyl (C=O) groups is 1. The Morgan fingerprint density at radius 3 is 2.81 bits per heavy atom. The van der Waals surface area contributed by atoms with Gasteiger partial charge in [-0.15, -0.1) is 11.3 Å². The Morgan fingerprint density at radius 1 is 1.19 bits per heavy atom. The average molecular weight is 299 g/mol. The summed E-state index contributed by atoms with van der Waals surface area (Å²) >= 11 is 1.56. The van der Waals surface area contributed by atoms with Gasteiger partial charge in [-0.2, -0.15) is 4.98 Å². The van der Waals surface area contributed by atoms with Crippen LogP contribution in [0, 0.1) is 0 Å². The first-order chi connectivity index (χ1) is 10.3. The van der Waals surface area contributed by atoms with Crippen molar-refractivity contribution < 1.29 is 9.32 Å². The molecule has 21 heavy (non-hydrogen) atoms. The van der Waals surface area contributed by atoms with Crippen LogP contribution >= 0.6 is 11.3 Å². The number of aromatic nitrogens is 2. The van der Waals surface area contributed by atoms with Gasteiger partial charge in [-0.1, -0.05) is 41.6 Å². The van der Waals surface area contributed by atoms with E-state index in [9.17, 15) is 4.79 Å². The predicted molar refractivity (Wildman–Crippen MR) is 79.6 cm³/mol. The summed E-state index contributed by atoms with van der Waals surface area (Å²) in [7, 11) is 0. The van der Waals surface area contributed by atoms with Gasteiger partial charge in [-0.3, -0.25) is 4.79 Å². The molecule has 5 nitrogen and oxygen atoms in total. The zero-order valence-corrected chi connectivity index (χ0v) is 12.0. The van der Waals surface area contributed by atoms with E-state index >= 15 is 0 Å². The molecule has 0 aliphatic heterocycles. The molecule has 2 heterocycles. The Bertz CT molecular complexity index is 708. The van der Waals surface area contributed by atoms with Gasteiger partial charge in [0.2, 0.25) is 17.6 Å². The molecule has 0 radical (unpaired) electrons. The molecule has 1 aromatic carbocycles. The highest BCUT2D eigenvalue weighted by Crippen LogP contribution is 2.14. The van der Waals surface area contributed by atoms with E-state index in [0.717, 1.165) is 10.4 Å². The van der Waals surface area contributed by atoms with Crippen LogP contribution in [0.15, 0.2) is 52.4 Å². The largest absolute Gasteiger partial charge is 0.347 e. The SMILES string of the molecule is O=C(Cc1cccs1)NCc1nc(-c2ccccc2)no1. The van der Waals surface area contributed by atoms with Crippen molar-refractivity contribution in [2.24, 2.45) is 0 Å². The molecule has 0 atom stereocenters. The zero-order valence-electron chi connectivity index (χ0n) is 11.2.